The summed E-state index contributed by atoms with van der Waals surface area (Å²) in [6, 6.07) is 5.20. The minimum absolute atomic E-state index is 0.165. The third-order valence-electron chi connectivity index (χ3n) is 2.80. The number of aryl methyl sites for hydroxylation is 1. The van der Waals surface area contributed by atoms with Crippen LogP contribution in [0.4, 0.5) is 0 Å². The van der Waals surface area contributed by atoms with Gasteiger partial charge in [-0.15, -0.1) is 0 Å². The first-order valence-electron chi connectivity index (χ1n) is 6.59. The van der Waals surface area contributed by atoms with Crippen LogP contribution in [0, 0.1) is 0 Å². The maximum atomic E-state index is 5.96. The molecule has 108 valence electrons. The molecule has 0 unspecified atom stereocenters. The van der Waals surface area contributed by atoms with Crippen LogP contribution >= 0.6 is 11.6 Å². The molecule has 0 fully saturated rings. The monoisotopic (exact) mass is 295 g/mol. The van der Waals surface area contributed by atoms with E-state index in [4.69, 9.17) is 26.6 Å². The normalized spacial score (nSPS) is 12.4. The molecule has 1 aromatic carbocycles. The Morgan fingerprint density at radius 1 is 1.45 bits per heavy atom. The van der Waals surface area contributed by atoms with Crippen LogP contribution in [0.5, 0.6) is 5.75 Å². The van der Waals surface area contributed by atoms with Crippen LogP contribution in [0.2, 0.25) is 5.02 Å². The molecular formula is C14H18ClN3O2. The van der Waals surface area contributed by atoms with Gasteiger partial charge in [-0.05, 0) is 31.5 Å². The number of nitrogens with zero attached hydrogens (tertiary/aromatic N) is 2. The molecule has 2 rings (SSSR count). The first-order valence-corrected chi connectivity index (χ1v) is 6.97. The Bertz CT molecular complexity index is 569. The van der Waals surface area contributed by atoms with Gasteiger partial charge in [-0.2, -0.15) is 4.98 Å². The van der Waals surface area contributed by atoms with E-state index in [1.807, 2.05) is 6.92 Å². The van der Waals surface area contributed by atoms with Crippen molar-refractivity contribution in [3.8, 4) is 5.75 Å². The van der Waals surface area contributed by atoms with E-state index >= 15 is 0 Å². The summed E-state index contributed by atoms with van der Waals surface area (Å²) in [7, 11) is 0. The summed E-state index contributed by atoms with van der Waals surface area (Å²) >= 11 is 5.96. The Morgan fingerprint density at radius 3 is 2.95 bits per heavy atom. The number of benzene rings is 1. The first kappa shape index (κ1) is 14.8. The SMILES string of the molecule is CCCc1noc(COc2ccc(Cl)cc2[C@H](C)N)n1. The Balaban J connectivity index is 2.06. The minimum Gasteiger partial charge on any atom is -0.483 e. The zero-order chi connectivity index (χ0) is 14.5. The standard InChI is InChI=1S/C14H18ClN3O2/c1-3-4-13-17-14(20-18-13)8-19-12-6-5-10(15)7-11(12)9(2)16/h5-7,9H,3-4,8,16H2,1-2H3/t9-/m0/s1. The van der Waals surface area contributed by atoms with Crippen LogP contribution in [0.25, 0.3) is 0 Å². The smallest absolute Gasteiger partial charge is 0.264 e. The molecule has 0 saturated heterocycles. The molecule has 0 saturated carbocycles. The molecule has 0 aliphatic carbocycles. The lowest BCUT2D eigenvalue weighted by molar-refractivity contribution is 0.240. The van der Waals surface area contributed by atoms with Gasteiger partial charge < -0.3 is 15.0 Å². The van der Waals surface area contributed by atoms with Crippen molar-refractivity contribution < 1.29 is 9.26 Å². The maximum Gasteiger partial charge on any atom is 0.264 e. The molecule has 5 nitrogen and oxygen atoms in total. The summed E-state index contributed by atoms with van der Waals surface area (Å²) in [5.74, 6) is 1.84. The Morgan fingerprint density at radius 2 is 2.25 bits per heavy atom. The number of aromatic nitrogens is 2. The summed E-state index contributed by atoms with van der Waals surface area (Å²) < 4.78 is 10.8. The molecule has 1 heterocycles. The van der Waals surface area contributed by atoms with Crippen LogP contribution in [0.15, 0.2) is 22.7 Å². The average molecular weight is 296 g/mol. The molecule has 1 atom stereocenters. The van der Waals surface area contributed by atoms with Gasteiger partial charge in [-0.3, -0.25) is 0 Å². The molecule has 0 spiro atoms. The largest absolute Gasteiger partial charge is 0.483 e. The van der Waals surface area contributed by atoms with Crippen molar-refractivity contribution in [3.05, 3.63) is 40.5 Å². The second-order valence-corrected chi connectivity index (χ2v) is 5.05. The minimum atomic E-state index is -0.165. The Hall–Kier alpha value is -1.59. The summed E-state index contributed by atoms with van der Waals surface area (Å²) in [5, 5.41) is 4.51. The Labute approximate surface area is 123 Å². The molecule has 6 heteroatoms. The zero-order valence-corrected chi connectivity index (χ0v) is 12.4. The van der Waals surface area contributed by atoms with E-state index < -0.39 is 0 Å². The van der Waals surface area contributed by atoms with E-state index in [1.54, 1.807) is 18.2 Å². The second-order valence-electron chi connectivity index (χ2n) is 4.61. The van der Waals surface area contributed by atoms with E-state index in [0.717, 1.165) is 18.4 Å². The summed E-state index contributed by atoms with van der Waals surface area (Å²) in [6.45, 7) is 4.16. The third kappa shape index (κ3) is 3.71. The highest BCUT2D eigenvalue weighted by atomic mass is 35.5. The van der Waals surface area contributed by atoms with Gasteiger partial charge >= 0.3 is 0 Å². The van der Waals surface area contributed by atoms with Gasteiger partial charge in [0.2, 0.25) is 0 Å². The lowest BCUT2D eigenvalue weighted by Gasteiger charge is -2.13. The topological polar surface area (TPSA) is 74.2 Å². The van der Waals surface area contributed by atoms with Gasteiger partial charge in [0, 0.05) is 23.0 Å². The number of nitrogens with two attached hydrogens (primary N) is 1. The Kier molecular flexibility index (Phi) is 4.98. The zero-order valence-electron chi connectivity index (χ0n) is 11.6. The lowest BCUT2D eigenvalue weighted by Crippen LogP contribution is -2.08. The molecule has 2 N–H and O–H groups in total. The fourth-order valence-electron chi connectivity index (χ4n) is 1.82. The van der Waals surface area contributed by atoms with E-state index in [-0.39, 0.29) is 12.6 Å². The van der Waals surface area contributed by atoms with E-state index in [1.165, 1.54) is 0 Å². The molecule has 0 amide bonds. The quantitative estimate of drug-likeness (QED) is 0.885. The van der Waals surface area contributed by atoms with E-state index in [9.17, 15) is 0 Å². The number of halogens is 1. The van der Waals surface area contributed by atoms with Crippen LogP contribution in [-0.2, 0) is 13.0 Å². The van der Waals surface area contributed by atoms with E-state index in [0.29, 0.717) is 22.5 Å². The highest BCUT2D eigenvalue weighted by Crippen LogP contribution is 2.27. The maximum absolute atomic E-state index is 5.96. The second kappa shape index (κ2) is 6.72. The average Bonchev–Trinajstić information content (AvgIpc) is 2.85. The molecule has 2 aromatic rings. The number of hydrogen-bond donors (Lipinski definition) is 1. The van der Waals surface area contributed by atoms with Crippen molar-refractivity contribution in [1.82, 2.24) is 10.1 Å². The molecule has 0 aliphatic heterocycles. The third-order valence-corrected chi connectivity index (χ3v) is 3.03. The number of hydrogen-bond acceptors (Lipinski definition) is 5. The van der Waals surface area contributed by atoms with Crippen LogP contribution < -0.4 is 10.5 Å². The van der Waals surface area contributed by atoms with Gasteiger partial charge in [0.25, 0.3) is 5.89 Å². The van der Waals surface area contributed by atoms with Crippen molar-refractivity contribution in [3.63, 3.8) is 0 Å². The van der Waals surface area contributed by atoms with Crippen molar-refractivity contribution in [2.75, 3.05) is 0 Å². The molecular weight excluding hydrogens is 278 g/mol. The summed E-state index contributed by atoms with van der Waals surface area (Å²) in [4.78, 5) is 4.25. The predicted molar refractivity (Wildman–Crippen MR) is 76.7 cm³/mol. The van der Waals surface area contributed by atoms with Gasteiger partial charge in [0.15, 0.2) is 12.4 Å². The first-order chi connectivity index (χ1) is 9.60. The molecule has 20 heavy (non-hydrogen) atoms. The lowest BCUT2D eigenvalue weighted by atomic mass is 10.1. The number of rotatable bonds is 6. The van der Waals surface area contributed by atoms with Crippen molar-refractivity contribution in [2.24, 2.45) is 5.73 Å². The van der Waals surface area contributed by atoms with Crippen molar-refractivity contribution in [2.45, 2.75) is 39.3 Å². The fourth-order valence-corrected chi connectivity index (χ4v) is 2.00. The predicted octanol–water partition coefficient (Wildman–Crippen LogP) is 3.27. The van der Waals surface area contributed by atoms with E-state index in [2.05, 4.69) is 17.1 Å². The van der Waals surface area contributed by atoms with Crippen LogP contribution in [0.1, 0.15) is 43.6 Å². The molecule has 0 bridgehead atoms. The van der Waals surface area contributed by atoms with Gasteiger partial charge in [-0.25, -0.2) is 0 Å². The van der Waals surface area contributed by atoms with Crippen LogP contribution in [0.3, 0.4) is 0 Å². The van der Waals surface area contributed by atoms with Crippen molar-refractivity contribution in [1.29, 1.82) is 0 Å². The van der Waals surface area contributed by atoms with Gasteiger partial charge in [-0.1, -0.05) is 23.7 Å². The molecule has 0 aliphatic rings. The van der Waals surface area contributed by atoms with Crippen LogP contribution in [-0.4, -0.2) is 10.1 Å². The summed E-state index contributed by atoms with van der Waals surface area (Å²) in [5.41, 5.74) is 6.76. The van der Waals surface area contributed by atoms with Gasteiger partial charge in [0.05, 0.1) is 0 Å². The van der Waals surface area contributed by atoms with Gasteiger partial charge in [0.1, 0.15) is 5.75 Å². The molecule has 1 aromatic heterocycles. The highest BCUT2D eigenvalue weighted by Gasteiger charge is 2.11. The fraction of sp³-hybridized carbons (Fsp3) is 0.429. The highest BCUT2D eigenvalue weighted by molar-refractivity contribution is 6.30. The summed E-state index contributed by atoms with van der Waals surface area (Å²) in [6.07, 6.45) is 1.78. The van der Waals surface area contributed by atoms with Crippen molar-refractivity contribution >= 4 is 11.6 Å². The number of ether oxygens (including phenoxy) is 1. The molecule has 0 radical (unpaired) electrons.